The minimum Gasteiger partial charge on any atom is -0.496 e. The molecule has 0 aliphatic heterocycles. The van der Waals surface area contributed by atoms with E-state index >= 15 is 0 Å². The Morgan fingerprint density at radius 3 is 2.65 bits per heavy atom. The van der Waals surface area contributed by atoms with Gasteiger partial charge < -0.3 is 10.1 Å². The highest BCUT2D eigenvalue weighted by Gasteiger charge is 2.07. The highest BCUT2D eigenvalue weighted by atomic mass is 79.9. The van der Waals surface area contributed by atoms with Crippen LogP contribution in [0.1, 0.15) is 39.7 Å². The molecule has 20 heavy (non-hydrogen) atoms. The molecule has 0 bridgehead atoms. The molecule has 1 N–H and O–H groups in total. The lowest BCUT2D eigenvalue weighted by atomic mass is 10.0. The number of hydrogen-bond acceptors (Lipinski definition) is 2. The van der Waals surface area contributed by atoms with Crippen LogP contribution in [0.25, 0.3) is 0 Å². The normalized spacial score (nSPS) is 12.6. The van der Waals surface area contributed by atoms with E-state index in [1.54, 1.807) is 7.11 Å². The van der Waals surface area contributed by atoms with E-state index in [-0.39, 0.29) is 5.54 Å². The van der Waals surface area contributed by atoms with Crippen molar-refractivity contribution in [2.45, 2.75) is 46.1 Å². The van der Waals surface area contributed by atoms with Gasteiger partial charge in [-0.3, -0.25) is 0 Å². The van der Waals surface area contributed by atoms with Crippen molar-refractivity contribution in [3.05, 3.63) is 39.9 Å². The lowest BCUT2D eigenvalue weighted by Gasteiger charge is -2.19. The molecule has 0 amide bonds. The highest BCUT2D eigenvalue weighted by Crippen LogP contribution is 2.25. The summed E-state index contributed by atoms with van der Waals surface area (Å²) in [7, 11) is 1.72. The first kappa shape index (κ1) is 17.3. The predicted octanol–water partition coefficient (Wildman–Crippen LogP) is 4.72. The first-order valence-electron chi connectivity index (χ1n) is 7.05. The Labute approximate surface area is 131 Å². The number of benzene rings is 1. The van der Waals surface area contributed by atoms with Crippen molar-refractivity contribution >= 4 is 15.9 Å². The quantitative estimate of drug-likeness (QED) is 0.597. The molecule has 0 radical (unpaired) electrons. The number of nitrogens with one attached hydrogen (secondary N) is 1. The highest BCUT2D eigenvalue weighted by molar-refractivity contribution is 9.10. The second-order valence-corrected chi connectivity index (χ2v) is 7.06. The fourth-order valence-corrected chi connectivity index (χ4v) is 2.43. The molecule has 1 aromatic carbocycles. The Kier molecular flexibility index (Phi) is 6.77. The summed E-state index contributed by atoms with van der Waals surface area (Å²) in [5.41, 5.74) is 2.78. The third-order valence-electron chi connectivity index (χ3n) is 3.00. The lowest BCUT2D eigenvalue weighted by Crippen LogP contribution is -2.36. The van der Waals surface area contributed by atoms with Crippen molar-refractivity contribution in [3.63, 3.8) is 0 Å². The monoisotopic (exact) mass is 339 g/mol. The van der Waals surface area contributed by atoms with Crippen molar-refractivity contribution in [1.29, 1.82) is 0 Å². The smallest absolute Gasteiger partial charge is 0.122 e. The molecule has 0 fully saturated rings. The number of rotatable bonds is 6. The van der Waals surface area contributed by atoms with Gasteiger partial charge in [-0.25, -0.2) is 0 Å². The zero-order chi connectivity index (χ0) is 15.2. The average Bonchev–Trinajstić information content (AvgIpc) is 2.34. The summed E-state index contributed by atoms with van der Waals surface area (Å²) in [6, 6.07) is 6.14. The molecule has 2 nitrogen and oxygen atoms in total. The number of hydrogen-bond donors (Lipinski definition) is 1. The molecule has 0 heterocycles. The largest absolute Gasteiger partial charge is 0.496 e. The molecule has 0 saturated heterocycles. The lowest BCUT2D eigenvalue weighted by molar-refractivity contribution is 0.410. The predicted molar refractivity (Wildman–Crippen MR) is 90.5 cm³/mol. The van der Waals surface area contributed by atoms with Gasteiger partial charge in [0.25, 0.3) is 0 Å². The van der Waals surface area contributed by atoms with Gasteiger partial charge in [-0.2, -0.15) is 0 Å². The second kappa shape index (κ2) is 7.84. The maximum atomic E-state index is 5.41. The van der Waals surface area contributed by atoms with E-state index in [1.165, 1.54) is 11.1 Å². The SMILES string of the molecule is COc1ccc(Br)cc1CC(C)=CCCNC(C)(C)C. The van der Waals surface area contributed by atoms with Gasteiger partial charge in [-0.15, -0.1) is 0 Å². The first-order valence-corrected chi connectivity index (χ1v) is 7.84. The van der Waals surface area contributed by atoms with Gasteiger partial charge in [0.1, 0.15) is 5.75 Å². The van der Waals surface area contributed by atoms with E-state index in [2.05, 4.69) is 61.1 Å². The first-order chi connectivity index (χ1) is 9.31. The topological polar surface area (TPSA) is 21.3 Å². The van der Waals surface area contributed by atoms with E-state index < -0.39 is 0 Å². The Hall–Kier alpha value is -0.800. The van der Waals surface area contributed by atoms with Gasteiger partial charge in [0.15, 0.2) is 0 Å². The summed E-state index contributed by atoms with van der Waals surface area (Å²) in [5.74, 6) is 0.953. The zero-order valence-corrected chi connectivity index (χ0v) is 14.8. The molecule has 0 aromatic heterocycles. The van der Waals surface area contributed by atoms with E-state index in [9.17, 15) is 0 Å². The van der Waals surface area contributed by atoms with Crippen molar-refractivity contribution < 1.29 is 4.74 Å². The minimum atomic E-state index is 0.190. The minimum absolute atomic E-state index is 0.190. The molecule has 0 spiro atoms. The molecule has 0 unspecified atom stereocenters. The number of halogens is 1. The van der Waals surface area contributed by atoms with Crippen LogP contribution in [0.4, 0.5) is 0 Å². The average molecular weight is 340 g/mol. The summed E-state index contributed by atoms with van der Waals surface area (Å²) in [5, 5.41) is 3.50. The maximum absolute atomic E-state index is 5.41. The number of allylic oxidation sites excluding steroid dienone is 1. The molecule has 0 saturated carbocycles. The summed E-state index contributed by atoms with van der Waals surface area (Å²) < 4.78 is 6.50. The Bertz CT molecular complexity index is 461. The summed E-state index contributed by atoms with van der Waals surface area (Å²) >= 11 is 3.52. The molecule has 0 aliphatic rings. The number of methoxy groups -OCH3 is 1. The molecule has 112 valence electrons. The van der Waals surface area contributed by atoms with Crippen LogP contribution in [-0.2, 0) is 6.42 Å². The molecular formula is C17H26BrNO. The zero-order valence-electron chi connectivity index (χ0n) is 13.2. The van der Waals surface area contributed by atoms with Gasteiger partial charge >= 0.3 is 0 Å². The summed E-state index contributed by atoms with van der Waals surface area (Å²) in [6.45, 7) is 9.76. The fourth-order valence-electron chi connectivity index (χ4n) is 2.02. The molecule has 3 heteroatoms. The van der Waals surface area contributed by atoms with Crippen molar-refractivity contribution in [2.24, 2.45) is 0 Å². The van der Waals surface area contributed by atoms with Crippen LogP contribution in [0.15, 0.2) is 34.3 Å². The van der Waals surface area contributed by atoms with Crippen LogP contribution < -0.4 is 10.1 Å². The van der Waals surface area contributed by atoms with Crippen LogP contribution in [0.5, 0.6) is 5.75 Å². The Morgan fingerprint density at radius 1 is 1.35 bits per heavy atom. The van der Waals surface area contributed by atoms with Gasteiger partial charge in [0.2, 0.25) is 0 Å². The standard InChI is InChI=1S/C17H26BrNO/c1-13(7-6-10-19-17(2,3)4)11-14-12-15(18)8-9-16(14)20-5/h7-9,12,19H,6,10-11H2,1-5H3. The fraction of sp³-hybridized carbons (Fsp3) is 0.529. The molecule has 0 atom stereocenters. The van der Waals surface area contributed by atoms with Gasteiger partial charge in [0, 0.05) is 10.0 Å². The third-order valence-corrected chi connectivity index (χ3v) is 3.50. The van der Waals surface area contributed by atoms with Gasteiger partial charge in [-0.05, 0) is 70.8 Å². The Morgan fingerprint density at radius 2 is 2.05 bits per heavy atom. The number of ether oxygens (including phenoxy) is 1. The van der Waals surface area contributed by atoms with Crippen molar-refractivity contribution in [1.82, 2.24) is 5.32 Å². The summed E-state index contributed by atoms with van der Waals surface area (Å²) in [4.78, 5) is 0. The molecule has 1 rings (SSSR count). The van der Waals surface area contributed by atoms with Crippen molar-refractivity contribution in [2.75, 3.05) is 13.7 Å². The van der Waals surface area contributed by atoms with Crippen LogP contribution in [0.3, 0.4) is 0 Å². The molecule has 1 aromatic rings. The molecular weight excluding hydrogens is 314 g/mol. The van der Waals surface area contributed by atoms with Crippen LogP contribution >= 0.6 is 15.9 Å². The van der Waals surface area contributed by atoms with Crippen LogP contribution in [0.2, 0.25) is 0 Å². The van der Waals surface area contributed by atoms with Crippen LogP contribution in [-0.4, -0.2) is 19.2 Å². The second-order valence-electron chi connectivity index (χ2n) is 6.15. The van der Waals surface area contributed by atoms with Crippen LogP contribution in [0, 0.1) is 0 Å². The van der Waals surface area contributed by atoms with Gasteiger partial charge in [0.05, 0.1) is 7.11 Å². The Balaban J connectivity index is 2.57. The van der Waals surface area contributed by atoms with E-state index in [0.29, 0.717) is 0 Å². The van der Waals surface area contributed by atoms with E-state index in [1.807, 2.05) is 12.1 Å². The van der Waals surface area contributed by atoms with E-state index in [0.717, 1.165) is 29.6 Å². The van der Waals surface area contributed by atoms with E-state index in [4.69, 9.17) is 4.74 Å². The van der Waals surface area contributed by atoms with Crippen molar-refractivity contribution in [3.8, 4) is 5.75 Å². The molecule has 0 aliphatic carbocycles. The van der Waals surface area contributed by atoms with Gasteiger partial charge in [-0.1, -0.05) is 27.6 Å². The third kappa shape index (κ3) is 6.58. The maximum Gasteiger partial charge on any atom is 0.122 e. The summed E-state index contributed by atoms with van der Waals surface area (Å²) in [6.07, 6.45) is 4.29.